The van der Waals surface area contributed by atoms with Crippen molar-refractivity contribution in [1.82, 2.24) is 9.88 Å². The summed E-state index contributed by atoms with van der Waals surface area (Å²) >= 11 is 0. The molecule has 1 spiro atoms. The summed E-state index contributed by atoms with van der Waals surface area (Å²) in [5.41, 5.74) is 4.28. The lowest BCUT2D eigenvalue weighted by molar-refractivity contribution is -0.142. The van der Waals surface area contributed by atoms with E-state index in [1.54, 1.807) is 6.07 Å². The van der Waals surface area contributed by atoms with Crippen LogP contribution in [0.2, 0.25) is 0 Å². The van der Waals surface area contributed by atoms with Crippen molar-refractivity contribution >= 4 is 22.8 Å². The molecule has 0 bridgehead atoms. The van der Waals surface area contributed by atoms with Crippen LogP contribution in [0.15, 0.2) is 54.6 Å². The topological polar surface area (TPSA) is 79.7 Å². The first-order chi connectivity index (χ1) is 16.5. The smallest absolute Gasteiger partial charge is 0.354 e. The van der Waals surface area contributed by atoms with Gasteiger partial charge in [-0.05, 0) is 72.3 Å². The van der Waals surface area contributed by atoms with Crippen molar-refractivity contribution in [3.63, 3.8) is 0 Å². The number of carbonyl (C=O) groups is 2. The van der Waals surface area contributed by atoms with Gasteiger partial charge in [0.15, 0.2) is 0 Å². The van der Waals surface area contributed by atoms with Crippen LogP contribution in [0.3, 0.4) is 0 Å². The summed E-state index contributed by atoms with van der Waals surface area (Å²) in [5.74, 6) is -0.308. The van der Waals surface area contributed by atoms with Gasteiger partial charge < -0.3 is 14.7 Å². The number of ether oxygens (including phenoxy) is 1. The molecule has 1 N–H and O–H groups in total. The van der Waals surface area contributed by atoms with Crippen molar-refractivity contribution in [2.75, 3.05) is 19.7 Å². The Hall–Kier alpha value is -3.25. The molecule has 6 nitrogen and oxygen atoms in total. The lowest BCUT2D eigenvalue weighted by Gasteiger charge is -2.34. The third kappa shape index (κ3) is 3.66. The van der Waals surface area contributed by atoms with Gasteiger partial charge in [-0.3, -0.25) is 4.79 Å². The molecule has 0 unspecified atom stereocenters. The highest BCUT2D eigenvalue weighted by Crippen LogP contribution is 2.65. The van der Waals surface area contributed by atoms with Crippen molar-refractivity contribution in [3.05, 3.63) is 65.9 Å². The van der Waals surface area contributed by atoms with Gasteiger partial charge in [0.25, 0.3) is 5.91 Å². The molecule has 3 aromatic rings. The molecule has 1 aliphatic carbocycles. The Balaban J connectivity index is 1.18. The first-order valence-electron chi connectivity index (χ1n) is 12.2. The van der Waals surface area contributed by atoms with E-state index >= 15 is 0 Å². The zero-order valence-corrected chi connectivity index (χ0v) is 19.1. The van der Waals surface area contributed by atoms with Gasteiger partial charge in [-0.15, -0.1) is 0 Å². The highest BCUT2D eigenvalue weighted by atomic mass is 16.5. The largest absolute Gasteiger partial charge is 0.477 e. The number of carboxylic acid groups (broad SMARTS) is 1. The quantitative estimate of drug-likeness (QED) is 0.606. The maximum Gasteiger partial charge on any atom is 0.354 e. The normalized spacial score (nSPS) is 23.4. The Morgan fingerprint density at radius 3 is 2.53 bits per heavy atom. The van der Waals surface area contributed by atoms with Crippen LogP contribution in [0.25, 0.3) is 22.0 Å². The molecule has 2 aliphatic heterocycles. The third-order valence-corrected chi connectivity index (χ3v) is 8.03. The maximum atomic E-state index is 12.7. The molecule has 1 saturated carbocycles. The molecule has 2 aromatic carbocycles. The van der Waals surface area contributed by atoms with Crippen LogP contribution in [0, 0.1) is 5.41 Å². The highest BCUT2D eigenvalue weighted by molar-refractivity contribution is 5.99. The molecular formula is C28H28N2O4. The number of hydrogen-bond acceptors (Lipinski definition) is 4. The van der Waals surface area contributed by atoms with E-state index in [4.69, 9.17) is 4.74 Å². The number of piperidine rings is 1. The van der Waals surface area contributed by atoms with Gasteiger partial charge in [0.2, 0.25) is 0 Å². The second kappa shape index (κ2) is 8.20. The first-order valence-corrected chi connectivity index (χ1v) is 12.2. The molecule has 174 valence electrons. The molecule has 2 saturated heterocycles. The lowest BCUT2D eigenvalue weighted by atomic mass is 9.88. The second-order valence-corrected chi connectivity index (χ2v) is 9.95. The number of fused-ring (bicyclic) bond motifs is 1. The molecule has 34 heavy (non-hydrogen) atoms. The van der Waals surface area contributed by atoms with E-state index < -0.39 is 5.97 Å². The monoisotopic (exact) mass is 456 g/mol. The summed E-state index contributed by atoms with van der Waals surface area (Å²) in [7, 11) is 0. The number of rotatable bonds is 4. The zero-order chi connectivity index (χ0) is 23.3. The standard InChI is InChI=1S/C28H28N2O4/c31-26(25-6-3-15-34-25)30-13-11-28(12-14-30)17-22(28)19-9-7-18(8-10-19)21-16-24(27(32)33)29-23-5-2-1-4-20(21)23/h1-2,4-5,7-10,16,22,25H,3,6,11-15,17H2,(H,32,33)/t22-,25-/m1/s1. The number of para-hydroxylation sites is 1. The number of pyridine rings is 1. The fourth-order valence-electron chi connectivity index (χ4n) is 5.94. The molecule has 3 fully saturated rings. The number of carboxylic acids is 1. The number of aromatic carboxylic acids is 1. The number of hydrogen-bond donors (Lipinski definition) is 1. The lowest BCUT2D eigenvalue weighted by Crippen LogP contribution is -2.44. The van der Waals surface area contributed by atoms with E-state index in [0.29, 0.717) is 23.5 Å². The number of likely N-dealkylation sites (tertiary alicyclic amines) is 1. The van der Waals surface area contributed by atoms with Crippen LogP contribution in [0.4, 0.5) is 0 Å². The Kier molecular flexibility index (Phi) is 5.14. The van der Waals surface area contributed by atoms with Crippen LogP contribution in [0.5, 0.6) is 0 Å². The van der Waals surface area contributed by atoms with Gasteiger partial charge in [-0.1, -0.05) is 42.5 Å². The zero-order valence-electron chi connectivity index (χ0n) is 19.1. The molecule has 0 radical (unpaired) electrons. The van der Waals surface area contributed by atoms with Gasteiger partial charge in [-0.25, -0.2) is 9.78 Å². The van der Waals surface area contributed by atoms with Crippen molar-refractivity contribution in [1.29, 1.82) is 0 Å². The molecule has 6 heteroatoms. The minimum Gasteiger partial charge on any atom is -0.477 e. The summed E-state index contributed by atoms with van der Waals surface area (Å²) in [6.07, 6.45) is 4.90. The third-order valence-electron chi connectivity index (χ3n) is 8.03. The molecule has 2 atom stereocenters. The summed E-state index contributed by atoms with van der Waals surface area (Å²) < 4.78 is 5.59. The number of nitrogens with zero attached hydrogens (tertiary/aromatic N) is 2. The van der Waals surface area contributed by atoms with Crippen LogP contribution in [0.1, 0.15) is 54.1 Å². The summed E-state index contributed by atoms with van der Waals surface area (Å²) in [4.78, 5) is 30.6. The number of carbonyl (C=O) groups excluding carboxylic acids is 1. The van der Waals surface area contributed by atoms with Gasteiger partial charge in [0.05, 0.1) is 5.52 Å². The van der Waals surface area contributed by atoms with Crippen LogP contribution >= 0.6 is 0 Å². The minimum atomic E-state index is -1.02. The maximum absolute atomic E-state index is 12.7. The molecule has 6 rings (SSSR count). The average molecular weight is 457 g/mol. The van der Waals surface area contributed by atoms with Crippen molar-refractivity contribution < 1.29 is 19.4 Å². The fourth-order valence-corrected chi connectivity index (χ4v) is 5.94. The van der Waals surface area contributed by atoms with E-state index in [1.165, 1.54) is 12.0 Å². The van der Waals surface area contributed by atoms with Crippen molar-refractivity contribution in [3.8, 4) is 11.1 Å². The fraction of sp³-hybridized carbons (Fsp3) is 0.393. The molecule has 3 heterocycles. The van der Waals surface area contributed by atoms with Gasteiger partial charge >= 0.3 is 5.97 Å². The van der Waals surface area contributed by atoms with E-state index in [0.717, 1.165) is 55.3 Å². The summed E-state index contributed by atoms with van der Waals surface area (Å²) in [6, 6.07) is 17.9. The first kappa shape index (κ1) is 21.3. The van der Waals surface area contributed by atoms with Gasteiger partial charge in [0.1, 0.15) is 11.8 Å². The Morgan fingerprint density at radius 1 is 1.06 bits per heavy atom. The SMILES string of the molecule is O=C(O)c1cc(-c2ccc([C@H]3CC34CCN(C(=O)[C@H]3CCCO3)CC4)cc2)c2ccccc2n1. The highest BCUT2D eigenvalue weighted by Gasteiger charge is 2.55. The van der Waals surface area contributed by atoms with E-state index in [2.05, 4.69) is 29.2 Å². The number of amides is 1. The number of aromatic nitrogens is 1. The van der Waals surface area contributed by atoms with E-state index in [1.807, 2.05) is 29.2 Å². The second-order valence-electron chi connectivity index (χ2n) is 9.95. The van der Waals surface area contributed by atoms with Crippen LogP contribution in [-0.2, 0) is 9.53 Å². The predicted molar refractivity (Wildman–Crippen MR) is 129 cm³/mol. The summed E-state index contributed by atoms with van der Waals surface area (Å²) in [6.45, 7) is 2.36. The number of benzene rings is 2. The van der Waals surface area contributed by atoms with Gasteiger partial charge in [0, 0.05) is 25.1 Å². The van der Waals surface area contributed by atoms with E-state index in [-0.39, 0.29) is 17.7 Å². The minimum absolute atomic E-state index is 0.0585. The van der Waals surface area contributed by atoms with Crippen LogP contribution < -0.4 is 0 Å². The van der Waals surface area contributed by atoms with Crippen LogP contribution in [-0.4, -0.2) is 52.7 Å². The Bertz CT molecular complexity index is 1260. The molecule has 1 amide bonds. The Morgan fingerprint density at radius 2 is 1.82 bits per heavy atom. The van der Waals surface area contributed by atoms with E-state index in [9.17, 15) is 14.7 Å². The summed E-state index contributed by atoms with van der Waals surface area (Å²) in [5, 5.41) is 10.5. The van der Waals surface area contributed by atoms with Crippen molar-refractivity contribution in [2.24, 2.45) is 5.41 Å². The van der Waals surface area contributed by atoms with Crippen molar-refractivity contribution in [2.45, 2.75) is 44.1 Å². The predicted octanol–water partition coefficient (Wildman–Crippen LogP) is 4.88. The molecule has 3 aliphatic rings. The molecular weight excluding hydrogens is 428 g/mol. The Labute approximate surface area is 198 Å². The average Bonchev–Trinajstić information content (AvgIpc) is 3.28. The van der Waals surface area contributed by atoms with Gasteiger partial charge in [-0.2, -0.15) is 0 Å². The molecule has 1 aromatic heterocycles.